The Morgan fingerprint density at radius 1 is 1.40 bits per heavy atom. The summed E-state index contributed by atoms with van der Waals surface area (Å²) in [5.74, 6) is 0.796. The number of carbonyl (C=O) groups excluding carboxylic acids is 1. The maximum Gasteiger partial charge on any atom is 0.271 e. The summed E-state index contributed by atoms with van der Waals surface area (Å²) < 4.78 is 11.9. The predicted molar refractivity (Wildman–Crippen MR) is 90.6 cm³/mol. The van der Waals surface area contributed by atoms with Crippen LogP contribution in [0.5, 0.6) is 5.75 Å². The van der Waals surface area contributed by atoms with Crippen molar-refractivity contribution < 1.29 is 13.9 Å². The molecule has 0 aliphatic heterocycles. The highest BCUT2D eigenvalue weighted by Crippen LogP contribution is 2.17. The lowest BCUT2D eigenvalue weighted by Gasteiger charge is -2.11. The molecule has 3 heterocycles. The topological polar surface area (TPSA) is 102 Å². The van der Waals surface area contributed by atoms with Crippen LogP contribution in [0.2, 0.25) is 0 Å². The average molecular weight is 342 g/mol. The molecule has 8 nitrogen and oxygen atoms in total. The number of methoxy groups -OCH3 is 1. The lowest BCUT2D eigenvalue weighted by atomic mass is 10.3. The second kappa shape index (κ2) is 7.08. The van der Waals surface area contributed by atoms with Crippen LogP contribution in [0.25, 0.3) is 11.5 Å². The third-order valence-corrected chi connectivity index (χ3v) is 3.76. The molecule has 0 radical (unpaired) electrons. The lowest BCUT2D eigenvalue weighted by Crippen LogP contribution is -2.31. The molecule has 0 saturated carbocycles. The normalized spacial score (nSPS) is 10.6. The van der Waals surface area contributed by atoms with Crippen molar-refractivity contribution in [2.75, 3.05) is 13.7 Å². The van der Waals surface area contributed by atoms with Crippen LogP contribution in [-0.4, -0.2) is 34.3 Å². The number of aryl methyl sites for hydroxylation is 1. The van der Waals surface area contributed by atoms with Gasteiger partial charge >= 0.3 is 0 Å². The number of hydrogen-bond acceptors (Lipinski definition) is 5. The summed E-state index contributed by atoms with van der Waals surface area (Å²) in [4.78, 5) is 24.2. The molecular formula is C17H18N4O4. The highest BCUT2D eigenvalue weighted by Gasteiger charge is 2.12. The third-order valence-electron chi connectivity index (χ3n) is 3.76. The van der Waals surface area contributed by atoms with Gasteiger partial charge in [0.2, 0.25) is 0 Å². The van der Waals surface area contributed by atoms with Crippen LogP contribution in [-0.2, 0) is 6.54 Å². The summed E-state index contributed by atoms with van der Waals surface area (Å²) in [6.07, 6.45) is 1.55. The van der Waals surface area contributed by atoms with Crippen LogP contribution in [0.15, 0.2) is 45.8 Å². The van der Waals surface area contributed by atoms with Crippen molar-refractivity contribution >= 4 is 5.91 Å². The number of aromatic amines is 1. The van der Waals surface area contributed by atoms with Crippen LogP contribution in [0.1, 0.15) is 16.2 Å². The van der Waals surface area contributed by atoms with E-state index < -0.39 is 0 Å². The van der Waals surface area contributed by atoms with E-state index in [2.05, 4.69) is 15.5 Å². The molecule has 3 aromatic heterocycles. The van der Waals surface area contributed by atoms with Crippen LogP contribution < -0.4 is 15.6 Å². The van der Waals surface area contributed by atoms with Gasteiger partial charge in [-0.3, -0.25) is 14.7 Å². The standard InChI is InChI=1S/C17H18N4O4/c1-11-8-12(24-2)9-16(22)21(11)6-5-18-17(23)14-10-13(19-20-14)15-4-3-7-25-15/h3-4,7-10H,5-6H2,1-2H3,(H,18,23)(H,19,20). The van der Waals surface area contributed by atoms with Gasteiger partial charge < -0.3 is 19.0 Å². The summed E-state index contributed by atoms with van der Waals surface area (Å²) in [6, 6.07) is 8.32. The van der Waals surface area contributed by atoms with Gasteiger partial charge in [0.15, 0.2) is 11.5 Å². The average Bonchev–Trinajstić information content (AvgIpc) is 3.27. The molecule has 0 fully saturated rings. The fourth-order valence-corrected chi connectivity index (χ4v) is 2.47. The third kappa shape index (κ3) is 3.63. The van der Waals surface area contributed by atoms with Gasteiger partial charge in [-0.1, -0.05) is 0 Å². The molecule has 0 unspecified atom stereocenters. The van der Waals surface area contributed by atoms with Crippen LogP contribution >= 0.6 is 0 Å². The number of amides is 1. The molecule has 130 valence electrons. The molecule has 2 N–H and O–H groups in total. The Balaban J connectivity index is 1.61. The monoisotopic (exact) mass is 342 g/mol. The fourth-order valence-electron chi connectivity index (χ4n) is 2.47. The molecule has 0 bridgehead atoms. The minimum Gasteiger partial charge on any atom is -0.496 e. The highest BCUT2D eigenvalue weighted by atomic mass is 16.5. The summed E-state index contributed by atoms with van der Waals surface area (Å²) in [5.41, 5.74) is 1.46. The van der Waals surface area contributed by atoms with Crippen LogP contribution in [0, 0.1) is 6.92 Å². The molecule has 3 aromatic rings. The van der Waals surface area contributed by atoms with E-state index in [9.17, 15) is 9.59 Å². The van der Waals surface area contributed by atoms with Gasteiger partial charge in [0.25, 0.3) is 11.5 Å². The Bertz CT molecular complexity index is 925. The molecule has 8 heteroatoms. The SMILES string of the molecule is COc1cc(C)n(CCNC(=O)c2cc(-c3ccco3)[nH]n2)c(=O)c1. The number of nitrogens with zero attached hydrogens (tertiary/aromatic N) is 2. The van der Waals surface area contributed by atoms with Gasteiger partial charge in [0.05, 0.1) is 13.4 Å². The molecule has 1 amide bonds. The van der Waals surface area contributed by atoms with Crippen molar-refractivity contribution in [1.29, 1.82) is 0 Å². The van der Waals surface area contributed by atoms with Gasteiger partial charge in [-0.05, 0) is 25.1 Å². The molecule has 0 spiro atoms. The number of H-pyrrole nitrogens is 1. The zero-order valence-electron chi connectivity index (χ0n) is 13.9. The number of nitrogens with one attached hydrogen (secondary N) is 2. The van der Waals surface area contributed by atoms with E-state index in [-0.39, 0.29) is 17.2 Å². The summed E-state index contributed by atoms with van der Waals surface area (Å²) in [5, 5.41) is 9.47. The number of carbonyl (C=O) groups is 1. The molecule has 0 aromatic carbocycles. The first-order chi connectivity index (χ1) is 12.1. The van der Waals surface area contributed by atoms with E-state index in [0.29, 0.717) is 30.3 Å². The Morgan fingerprint density at radius 3 is 2.92 bits per heavy atom. The van der Waals surface area contributed by atoms with E-state index in [4.69, 9.17) is 9.15 Å². The summed E-state index contributed by atoms with van der Waals surface area (Å²) in [7, 11) is 1.51. The quantitative estimate of drug-likeness (QED) is 0.708. The van der Waals surface area contributed by atoms with Gasteiger partial charge in [0.1, 0.15) is 11.4 Å². The van der Waals surface area contributed by atoms with Crippen LogP contribution in [0.3, 0.4) is 0 Å². The number of furan rings is 1. The van der Waals surface area contributed by atoms with Crippen molar-refractivity contribution in [2.45, 2.75) is 13.5 Å². The molecule has 25 heavy (non-hydrogen) atoms. The first-order valence-electron chi connectivity index (χ1n) is 7.71. The van der Waals surface area contributed by atoms with Gasteiger partial charge in [-0.15, -0.1) is 0 Å². The minimum absolute atomic E-state index is 0.175. The smallest absolute Gasteiger partial charge is 0.271 e. The Kier molecular flexibility index (Phi) is 4.69. The molecular weight excluding hydrogens is 324 g/mol. The molecule has 3 rings (SSSR count). The maximum absolute atomic E-state index is 12.2. The summed E-state index contributed by atoms with van der Waals surface area (Å²) in [6.45, 7) is 2.47. The zero-order valence-corrected chi connectivity index (χ0v) is 13.9. The Morgan fingerprint density at radius 2 is 2.24 bits per heavy atom. The Labute approximate surface area is 143 Å². The number of aromatic nitrogens is 3. The molecule has 0 saturated heterocycles. The Hall–Kier alpha value is -3.29. The number of rotatable bonds is 6. The number of pyridine rings is 1. The number of ether oxygens (including phenoxy) is 1. The molecule has 0 aliphatic carbocycles. The van der Waals surface area contributed by atoms with E-state index in [1.807, 2.05) is 6.92 Å². The first kappa shape index (κ1) is 16.6. The second-order valence-electron chi connectivity index (χ2n) is 5.43. The van der Waals surface area contributed by atoms with Gasteiger partial charge in [-0.25, -0.2) is 0 Å². The first-order valence-corrected chi connectivity index (χ1v) is 7.71. The molecule has 0 atom stereocenters. The van der Waals surface area contributed by atoms with E-state index in [0.717, 1.165) is 5.69 Å². The predicted octanol–water partition coefficient (Wildman–Crippen LogP) is 1.58. The minimum atomic E-state index is -0.326. The van der Waals surface area contributed by atoms with E-state index >= 15 is 0 Å². The molecule has 0 aliphatic rings. The van der Waals surface area contributed by atoms with Gasteiger partial charge in [-0.2, -0.15) is 5.10 Å². The largest absolute Gasteiger partial charge is 0.496 e. The fraction of sp³-hybridized carbons (Fsp3) is 0.235. The van der Waals surface area contributed by atoms with Crippen LogP contribution in [0.4, 0.5) is 0 Å². The van der Waals surface area contributed by atoms with Crippen molar-refractivity contribution in [2.24, 2.45) is 0 Å². The van der Waals surface area contributed by atoms with E-state index in [1.54, 1.807) is 35.1 Å². The van der Waals surface area contributed by atoms with Crippen molar-refractivity contribution in [1.82, 2.24) is 20.1 Å². The second-order valence-corrected chi connectivity index (χ2v) is 5.43. The lowest BCUT2D eigenvalue weighted by molar-refractivity contribution is 0.0947. The maximum atomic E-state index is 12.2. The van der Waals surface area contributed by atoms with Crippen molar-refractivity contribution in [3.63, 3.8) is 0 Å². The van der Waals surface area contributed by atoms with Crippen molar-refractivity contribution in [3.8, 4) is 17.2 Å². The zero-order chi connectivity index (χ0) is 17.8. The van der Waals surface area contributed by atoms with Gasteiger partial charge in [0, 0.05) is 30.9 Å². The summed E-state index contributed by atoms with van der Waals surface area (Å²) >= 11 is 0. The van der Waals surface area contributed by atoms with E-state index in [1.165, 1.54) is 13.2 Å². The highest BCUT2D eigenvalue weighted by molar-refractivity contribution is 5.93. The van der Waals surface area contributed by atoms with Crippen molar-refractivity contribution in [3.05, 3.63) is 58.3 Å². The number of hydrogen-bond donors (Lipinski definition) is 2.